The van der Waals surface area contributed by atoms with Gasteiger partial charge in [0.1, 0.15) is 23.0 Å². The second-order valence-corrected chi connectivity index (χ2v) is 9.37. The van der Waals surface area contributed by atoms with Crippen LogP contribution in [0.2, 0.25) is 0 Å². The molecule has 5 rings (SSSR count). The summed E-state index contributed by atoms with van der Waals surface area (Å²) in [4.78, 5) is 1.90. The molecule has 3 heterocycles. The van der Waals surface area contributed by atoms with E-state index in [9.17, 15) is 22.0 Å². The molecule has 0 saturated heterocycles. The Morgan fingerprint density at radius 2 is 1.79 bits per heavy atom. The lowest BCUT2D eigenvalue weighted by molar-refractivity contribution is -0.137. The maximum Gasteiger partial charge on any atom is 0.420 e. The first-order chi connectivity index (χ1) is 16.2. The quantitative estimate of drug-likeness (QED) is 0.328. The maximum absolute atomic E-state index is 14.1. The van der Waals surface area contributed by atoms with Gasteiger partial charge in [-0.1, -0.05) is 11.6 Å². The molecule has 1 atom stereocenters. The number of anilines is 1. The highest BCUT2D eigenvalue weighted by Crippen LogP contribution is 2.38. The average molecular weight is 476 g/mol. The van der Waals surface area contributed by atoms with Crippen LogP contribution in [0.4, 0.5) is 27.6 Å². The van der Waals surface area contributed by atoms with Crippen molar-refractivity contribution in [1.29, 1.82) is 0 Å². The molecule has 34 heavy (non-hydrogen) atoms. The molecule has 2 aliphatic rings. The van der Waals surface area contributed by atoms with E-state index in [0.29, 0.717) is 43.2 Å². The van der Waals surface area contributed by atoms with E-state index in [1.54, 1.807) is 6.20 Å². The fourth-order valence-corrected chi connectivity index (χ4v) is 4.76. The molecule has 1 fully saturated rings. The minimum atomic E-state index is -4.56. The Hall–Kier alpha value is -2.97. The third-order valence-corrected chi connectivity index (χ3v) is 6.74. The van der Waals surface area contributed by atoms with Crippen LogP contribution in [-0.4, -0.2) is 27.2 Å². The van der Waals surface area contributed by atoms with Crippen LogP contribution in [0.3, 0.4) is 0 Å². The molecule has 0 amide bonds. The van der Waals surface area contributed by atoms with Crippen molar-refractivity contribution in [1.82, 2.24) is 14.6 Å². The van der Waals surface area contributed by atoms with Crippen LogP contribution in [-0.2, 0) is 19.0 Å². The topological polar surface area (TPSA) is 33.4 Å². The van der Waals surface area contributed by atoms with Gasteiger partial charge in [0.05, 0.1) is 0 Å². The summed E-state index contributed by atoms with van der Waals surface area (Å²) < 4.78 is 71.4. The first kappa shape index (κ1) is 22.8. The Bertz CT molecular complexity index is 1220. The molecule has 180 valence electrons. The minimum absolute atomic E-state index is 0.0512. The predicted molar refractivity (Wildman–Crippen MR) is 119 cm³/mol. The number of benzene rings is 1. The van der Waals surface area contributed by atoms with Gasteiger partial charge in [-0.15, -0.1) is 10.2 Å². The second kappa shape index (κ2) is 8.67. The highest BCUT2D eigenvalue weighted by Gasteiger charge is 2.38. The van der Waals surface area contributed by atoms with Crippen molar-refractivity contribution in [2.24, 2.45) is 5.92 Å². The second-order valence-electron chi connectivity index (χ2n) is 9.37. The van der Waals surface area contributed by atoms with Gasteiger partial charge in [-0.3, -0.25) is 4.40 Å². The largest absolute Gasteiger partial charge is 0.420 e. The normalized spacial score (nSPS) is 19.4. The van der Waals surface area contributed by atoms with Crippen molar-refractivity contribution in [3.05, 3.63) is 70.7 Å². The molecule has 9 heteroatoms. The van der Waals surface area contributed by atoms with E-state index in [4.69, 9.17) is 0 Å². The summed E-state index contributed by atoms with van der Waals surface area (Å²) >= 11 is 0. The number of alkyl halides is 3. The van der Waals surface area contributed by atoms with E-state index in [2.05, 4.69) is 10.2 Å². The van der Waals surface area contributed by atoms with Gasteiger partial charge < -0.3 is 4.90 Å². The fraction of sp³-hybridized carbons (Fsp3) is 0.440. The number of halogens is 5. The van der Waals surface area contributed by atoms with Crippen LogP contribution >= 0.6 is 0 Å². The van der Waals surface area contributed by atoms with Gasteiger partial charge in [-0.05, 0) is 68.7 Å². The summed E-state index contributed by atoms with van der Waals surface area (Å²) in [5.41, 5.74) is 0.559. The molecule has 2 aromatic heterocycles. The van der Waals surface area contributed by atoms with E-state index in [1.165, 1.54) is 22.6 Å². The van der Waals surface area contributed by atoms with Crippen LogP contribution in [0.1, 0.15) is 49.6 Å². The van der Waals surface area contributed by atoms with Gasteiger partial charge in [-0.25, -0.2) is 8.78 Å². The first-order valence-electron chi connectivity index (χ1n) is 11.5. The van der Waals surface area contributed by atoms with Crippen molar-refractivity contribution >= 4 is 11.3 Å². The highest BCUT2D eigenvalue weighted by molar-refractivity contribution is 5.55. The number of nitrogens with zero attached hydrogens (tertiary/aromatic N) is 4. The summed E-state index contributed by atoms with van der Waals surface area (Å²) in [7, 11) is 0. The lowest BCUT2D eigenvalue weighted by Gasteiger charge is -2.29. The van der Waals surface area contributed by atoms with Crippen molar-refractivity contribution in [3.63, 3.8) is 0 Å². The smallest absolute Gasteiger partial charge is 0.368 e. The number of rotatable bonds is 5. The molecule has 1 aliphatic carbocycles. The first-order valence-corrected chi connectivity index (χ1v) is 11.5. The molecule has 0 bridgehead atoms. The van der Waals surface area contributed by atoms with E-state index in [1.807, 2.05) is 17.9 Å². The van der Waals surface area contributed by atoms with Gasteiger partial charge in [-0.2, -0.15) is 13.2 Å². The summed E-state index contributed by atoms with van der Waals surface area (Å²) in [6.45, 7) is 2.39. The Balaban J connectivity index is 1.41. The molecular formula is C25H25F5N4. The summed E-state index contributed by atoms with van der Waals surface area (Å²) in [5, 5.41) is 7.96. The number of hydrogen-bond donors (Lipinski definition) is 0. The van der Waals surface area contributed by atoms with Crippen molar-refractivity contribution < 1.29 is 22.0 Å². The minimum Gasteiger partial charge on any atom is -0.368 e. The molecule has 1 saturated carbocycles. The van der Waals surface area contributed by atoms with Crippen LogP contribution in [0.15, 0.2) is 42.1 Å². The van der Waals surface area contributed by atoms with Gasteiger partial charge in [0, 0.05) is 37.0 Å². The molecule has 3 aromatic rings. The number of aromatic nitrogens is 3. The zero-order valence-corrected chi connectivity index (χ0v) is 18.7. The lowest BCUT2D eigenvalue weighted by Crippen LogP contribution is -2.32. The molecule has 1 aromatic carbocycles. The lowest BCUT2D eigenvalue weighted by atomic mass is 9.98. The zero-order valence-electron chi connectivity index (χ0n) is 18.7. The number of fused-ring (bicyclic) bond motifs is 1. The van der Waals surface area contributed by atoms with Crippen molar-refractivity contribution in [2.75, 3.05) is 11.4 Å². The monoisotopic (exact) mass is 476 g/mol. The van der Waals surface area contributed by atoms with Crippen LogP contribution in [0.25, 0.3) is 5.65 Å². The number of pyridine rings is 1. The van der Waals surface area contributed by atoms with E-state index >= 15 is 0 Å². The molecule has 0 N–H and O–H groups in total. The van der Waals surface area contributed by atoms with Gasteiger partial charge in [0.2, 0.25) is 0 Å². The van der Waals surface area contributed by atoms with Crippen LogP contribution in [0, 0.1) is 17.6 Å². The molecule has 1 aliphatic heterocycles. The summed E-state index contributed by atoms with van der Waals surface area (Å²) in [6.07, 6.45) is 3.00. The Kier molecular flexibility index (Phi) is 5.81. The Morgan fingerprint density at radius 3 is 2.47 bits per heavy atom. The Morgan fingerprint density at radius 1 is 1.06 bits per heavy atom. The van der Waals surface area contributed by atoms with E-state index < -0.39 is 23.4 Å². The standard InChI is InChI=1S/C25H25F5N4/c1-15-2-3-17(6-8-33(15)21-13-19(26)12-20(27)14-21)10-18-7-9-34-22(11-16-4-5-16)31-32-24(34)23(18)25(28,29)30/h3,7,9,12-16H,2,4-6,8,10-11H2,1H3. The summed E-state index contributed by atoms with van der Waals surface area (Å²) in [6, 6.07) is 4.86. The predicted octanol–water partition coefficient (Wildman–Crippen LogP) is 6.14. The number of hydrogen-bond acceptors (Lipinski definition) is 3. The van der Waals surface area contributed by atoms with E-state index in [-0.39, 0.29) is 23.7 Å². The van der Waals surface area contributed by atoms with Crippen molar-refractivity contribution in [3.8, 4) is 0 Å². The molecule has 4 nitrogen and oxygen atoms in total. The Labute approximate surface area is 194 Å². The zero-order chi connectivity index (χ0) is 24.0. The third-order valence-electron chi connectivity index (χ3n) is 6.74. The molecule has 0 spiro atoms. The summed E-state index contributed by atoms with van der Waals surface area (Å²) in [5.74, 6) is -0.265. The maximum atomic E-state index is 14.1. The molecule has 0 radical (unpaired) electrons. The fourth-order valence-electron chi connectivity index (χ4n) is 4.76. The third kappa shape index (κ3) is 4.65. The van der Waals surface area contributed by atoms with Crippen LogP contribution < -0.4 is 4.90 Å². The van der Waals surface area contributed by atoms with Gasteiger partial charge in [0.25, 0.3) is 0 Å². The van der Waals surface area contributed by atoms with Gasteiger partial charge >= 0.3 is 6.18 Å². The van der Waals surface area contributed by atoms with E-state index in [0.717, 1.165) is 24.5 Å². The van der Waals surface area contributed by atoms with Crippen LogP contribution in [0.5, 0.6) is 0 Å². The molecule has 1 unspecified atom stereocenters. The van der Waals surface area contributed by atoms with Gasteiger partial charge in [0.15, 0.2) is 5.65 Å². The average Bonchev–Trinajstić information content (AvgIpc) is 3.51. The SMILES string of the molecule is CC1CC=C(Cc2ccn3c(CC4CC4)nnc3c2C(F)(F)F)CCN1c1cc(F)cc(F)c1. The highest BCUT2D eigenvalue weighted by atomic mass is 19.4. The van der Waals surface area contributed by atoms with Crippen molar-refractivity contribution in [2.45, 2.75) is 57.7 Å². The molecular weight excluding hydrogens is 451 g/mol.